The molecule has 1 heterocycles. The third kappa shape index (κ3) is 2.42. The number of carbonyl (C=O) groups excluding carboxylic acids is 1. The molecule has 2 fully saturated rings. The average molecular weight is 250 g/mol. The Balaban J connectivity index is 2.02. The summed E-state index contributed by atoms with van der Waals surface area (Å²) in [5.41, 5.74) is 0. The Labute approximate surface area is 94.0 Å². The highest BCUT2D eigenvalue weighted by molar-refractivity contribution is 7.87. The lowest BCUT2D eigenvalue weighted by atomic mass is 10.1. The molecule has 7 heteroatoms. The highest BCUT2D eigenvalue weighted by atomic mass is 32.2. The van der Waals surface area contributed by atoms with Gasteiger partial charge in [-0.15, -0.1) is 0 Å². The van der Waals surface area contributed by atoms with Gasteiger partial charge in [-0.3, -0.25) is 0 Å². The van der Waals surface area contributed by atoms with E-state index in [1.165, 1.54) is 0 Å². The molecule has 2 unspecified atom stereocenters. The zero-order valence-electron chi connectivity index (χ0n) is 8.70. The zero-order valence-corrected chi connectivity index (χ0v) is 9.52. The molecule has 16 heavy (non-hydrogen) atoms. The first-order chi connectivity index (χ1) is 7.63. The average Bonchev–Trinajstić information content (AvgIpc) is 2.85. The van der Waals surface area contributed by atoms with E-state index in [1.807, 2.05) is 0 Å². The Hall–Kier alpha value is -0.500. The van der Waals surface area contributed by atoms with Crippen molar-refractivity contribution in [2.24, 2.45) is 5.92 Å². The molecule has 6 nitrogen and oxygen atoms in total. The van der Waals surface area contributed by atoms with Gasteiger partial charge in [0.1, 0.15) is 6.29 Å². The predicted octanol–water partition coefficient (Wildman–Crippen LogP) is 0.0308. The van der Waals surface area contributed by atoms with E-state index in [9.17, 15) is 13.2 Å². The maximum absolute atomic E-state index is 11.8. The van der Waals surface area contributed by atoms with Gasteiger partial charge in [-0.1, -0.05) is 6.42 Å². The molecule has 1 aliphatic carbocycles. The summed E-state index contributed by atoms with van der Waals surface area (Å²) in [5.74, 6) is -0.466. The summed E-state index contributed by atoms with van der Waals surface area (Å²) in [6.07, 6.45) is 2.47. The molecule has 0 bridgehead atoms. The number of aldehydes is 1. The lowest BCUT2D eigenvalue weighted by molar-refractivity contribution is -0.173. The second-order valence-electron chi connectivity index (χ2n) is 3.89. The molecule has 0 aromatic rings. The Morgan fingerprint density at radius 2 is 1.88 bits per heavy atom. The summed E-state index contributed by atoms with van der Waals surface area (Å²) in [6, 6.07) is 0. The molecule has 2 aliphatic rings. The van der Waals surface area contributed by atoms with Crippen LogP contribution >= 0.6 is 0 Å². The Bertz CT molecular complexity index is 345. The Morgan fingerprint density at radius 1 is 1.19 bits per heavy atom. The number of ether oxygens (including phenoxy) is 2. The van der Waals surface area contributed by atoms with Crippen LogP contribution in [0, 0.1) is 5.92 Å². The maximum Gasteiger partial charge on any atom is 0.287 e. The van der Waals surface area contributed by atoms with Crippen LogP contribution in [0.3, 0.4) is 0 Å². The van der Waals surface area contributed by atoms with Crippen molar-refractivity contribution >= 4 is 16.4 Å². The molecule has 1 saturated carbocycles. The highest BCUT2D eigenvalue weighted by Crippen LogP contribution is 2.31. The lowest BCUT2D eigenvalue weighted by Crippen LogP contribution is -2.31. The van der Waals surface area contributed by atoms with Crippen LogP contribution in [0.5, 0.6) is 0 Å². The fraction of sp³-hybridized carbons (Fsp3) is 0.889. The molecule has 92 valence electrons. The van der Waals surface area contributed by atoms with Gasteiger partial charge in [0.2, 0.25) is 0 Å². The first-order valence-electron chi connectivity index (χ1n) is 5.24. The van der Waals surface area contributed by atoms with E-state index in [0.717, 1.165) is 6.42 Å². The minimum Gasteiger partial charge on any atom is -0.327 e. The molecule has 0 amide bonds. The van der Waals surface area contributed by atoms with Gasteiger partial charge in [0.25, 0.3) is 16.6 Å². The van der Waals surface area contributed by atoms with Crippen LogP contribution in [-0.2, 0) is 28.6 Å². The third-order valence-electron chi connectivity index (χ3n) is 2.85. The molecule has 2 rings (SSSR count). The van der Waals surface area contributed by atoms with Crippen LogP contribution in [0.2, 0.25) is 0 Å². The highest BCUT2D eigenvalue weighted by Gasteiger charge is 2.40. The minimum absolute atomic E-state index is 0.321. The van der Waals surface area contributed by atoms with E-state index in [2.05, 4.69) is 0 Å². The second-order valence-corrected chi connectivity index (χ2v) is 5.67. The summed E-state index contributed by atoms with van der Waals surface area (Å²) < 4.78 is 38.2. The molecule has 2 atom stereocenters. The Kier molecular flexibility index (Phi) is 3.58. The summed E-state index contributed by atoms with van der Waals surface area (Å²) in [5, 5.41) is -0.752. The molecule has 0 aromatic carbocycles. The first-order valence-corrected chi connectivity index (χ1v) is 6.71. The van der Waals surface area contributed by atoms with Gasteiger partial charge in [-0.2, -0.15) is 8.42 Å². The predicted molar refractivity (Wildman–Crippen MR) is 52.9 cm³/mol. The molecule has 0 aromatic heterocycles. The summed E-state index contributed by atoms with van der Waals surface area (Å²) in [6.45, 7) is -0.498. The number of rotatable bonds is 4. The summed E-state index contributed by atoms with van der Waals surface area (Å²) >= 11 is 0. The van der Waals surface area contributed by atoms with E-state index in [1.54, 1.807) is 0 Å². The molecular formula is C9H14O6S. The van der Waals surface area contributed by atoms with E-state index in [-0.39, 0.29) is 0 Å². The molecule has 1 saturated heterocycles. The fourth-order valence-electron chi connectivity index (χ4n) is 2.04. The zero-order chi connectivity index (χ0) is 11.6. The third-order valence-corrected chi connectivity index (χ3v) is 4.61. The van der Waals surface area contributed by atoms with Crippen molar-refractivity contribution in [3.8, 4) is 0 Å². The number of hydrogen-bond donors (Lipinski definition) is 0. The molecule has 0 N–H and O–H groups in total. The second kappa shape index (κ2) is 4.79. The Morgan fingerprint density at radius 3 is 2.50 bits per heavy atom. The monoisotopic (exact) mass is 250 g/mol. The van der Waals surface area contributed by atoms with Crippen molar-refractivity contribution in [2.45, 2.75) is 31.0 Å². The van der Waals surface area contributed by atoms with Crippen molar-refractivity contribution in [1.82, 2.24) is 0 Å². The van der Waals surface area contributed by atoms with Crippen LogP contribution in [0.15, 0.2) is 0 Å². The quantitative estimate of drug-likeness (QED) is 0.517. The molecule has 0 spiro atoms. The minimum atomic E-state index is -3.79. The van der Waals surface area contributed by atoms with Gasteiger partial charge in [-0.25, -0.2) is 4.18 Å². The van der Waals surface area contributed by atoms with E-state index in [4.69, 9.17) is 13.7 Å². The SMILES string of the molecule is O=CC1CCCC1S(=O)(=O)OC1OCCO1. The fourth-order valence-corrected chi connectivity index (χ4v) is 3.60. The first kappa shape index (κ1) is 12.0. The standard InChI is InChI=1S/C9H14O6S/c10-6-7-2-1-3-8(7)16(11,12)15-9-13-4-5-14-9/h6-9H,1-5H2. The molecule has 0 radical (unpaired) electrons. The summed E-state index contributed by atoms with van der Waals surface area (Å²) in [7, 11) is -3.79. The van der Waals surface area contributed by atoms with Crippen molar-refractivity contribution in [3.63, 3.8) is 0 Å². The van der Waals surface area contributed by atoms with Crippen molar-refractivity contribution in [3.05, 3.63) is 0 Å². The van der Waals surface area contributed by atoms with E-state index >= 15 is 0 Å². The molecule has 1 aliphatic heterocycles. The van der Waals surface area contributed by atoms with Crippen LogP contribution in [0.1, 0.15) is 19.3 Å². The van der Waals surface area contributed by atoms with Gasteiger partial charge in [0, 0.05) is 5.92 Å². The largest absolute Gasteiger partial charge is 0.327 e. The van der Waals surface area contributed by atoms with E-state index < -0.39 is 27.8 Å². The normalized spacial score (nSPS) is 32.0. The number of hydrogen-bond acceptors (Lipinski definition) is 6. The number of carbonyl (C=O) groups is 1. The maximum atomic E-state index is 11.8. The summed E-state index contributed by atoms with van der Waals surface area (Å²) in [4.78, 5) is 10.7. The van der Waals surface area contributed by atoms with Crippen LogP contribution in [0.4, 0.5) is 0 Å². The molecular weight excluding hydrogens is 236 g/mol. The van der Waals surface area contributed by atoms with Gasteiger partial charge in [-0.05, 0) is 12.8 Å². The lowest BCUT2D eigenvalue weighted by Gasteiger charge is -2.17. The van der Waals surface area contributed by atoms with Gasteiger partial charge in [0.05, 0.1) is 18.5 Å². The van der Waals surface area contributed by atoms with Crippen LogP contribution < -0.4 is 0 Å². The smallest absolute Gasteiger partial charge is 0.287 e. The van der Waals surface area contributed by atoms with Crippen LogP contribution in [0.25, 0.3) is 0 Å². The van der Waals surface area contributed by atoms with Crippen LogP contribution in [-0.4, -0.2) is 39.6 Å². The van der Waals surface area contributed by atoms with Crippen molar-refractivity contribution in [2.75, 3.05) is 13.2 Å². The van der Waals surface area contributed by atoms with Gasteiger partial charge >= 0.3 is 0 Å². The van der Waals surface area contributed by atoms with E-state index in [0.29, 0.717) is 32.3 Å². The van der Waals surface area contributed by atoms with Crippen molar-refractivity contribution < 1.29 is 26.9 Å². The topological polar surface area (TPSA) is 78.9 Å². The van der Waals surface area contributed by atoms with Gasteiger partial charge < -0.3 is 14.3 Å². The van der Waals surface area contributed by atoms with Gasteiger partial charge in [0.15, 0.2) is 0 Å². The van der Waals surface area contributed by atoms with Crippen molar-refractivity contribution in [1.29, 1.82) is 0 Å².